The van der Waals surface area contributed by atoms with Crippen LogP contribution in [0, 0.1) is 0 Å². The van der Waals surface area contributed by atoms with Gasteiger partial charge in [0.25, 0.3) is 0 Å². The highest BCUT2D eigenvalue weighted by Gasteiger charge is 2.42. The normalized spacial score (nSPS) is 13.1. The summed E-state index contributed by atoms with van der Waals surface area (Å²) in [5.41, 5.74) is 34.0. The first-order valence-corrected chi connectivity index (χ1v) is 43.3. The first-order valence-electron chi connectivity index (χ1n) is 43.3. The van der Waals surface area contributed by atoms with E-state index in [1.807, 2.05) is 24.3 Å². The maximum atomic E-state index is 6.18. The van der Waals surface area contributed by atoms with Gasteiger partial charge in [0.2, 0.25) is 0 Å². The molecule has 0 N–H and O–H groups in total. The van der Waals surface area contributed by atoms with Crippen LogP contribution >= 0.6 is 0 Å². The number of benzene rings is 22. The number of hydrogen-bond acceptors (Lipinski definition) is 2. The van der Waals surface area contributed by atoms with E-state index in [0.717, 1.165) is 43.9 Å². The van der Waals surface area contributed by atoms with E-state index in [1.165, 1.54) is 220 Å². The Morgan fingerprint density at radius 2 is 0.371 bits per heavy atom. The van der Waals surface area contributed by atoms with Gasteiger partial charge in [0, 0.05) is 32.4 Å². The molecule has 0 bridgehead atoms. The standard InChI is InChI=1S/2C61H40O/c1-61(2)59-42(29-15-30-52(59)58-46-23-5-3-20-43(46)44-21-4-10-28-51(44)60(58)61)39-17-14-19-41(35-39)57-49-26-8-6-24-47(49)56(48-25-7-9-27-50(48)57)40-18-13-16-37(34-40)38-32-33-55-53(36-38)45-22-11-12-31-54(45)62-55;1-61(2)59-42(26-14-27-52(59)58-46-20-5-3-17-43(46)44-18-4-10-25-51(44)60(58)61)40-15-13-16-41(35-40)57-49-23-8-6-21-47(49)56(48-22-7-9-24-50(48)57)38-31-29-37(30-32-38)39-33-34-55-53(36-39)45-19-11-12-28-54(45)62-55/h2*3-36H,1-2H3. The van der Waals surface area contributed by atoms with Crippen molar-refractivity contribution in [1.29, 1.82) is 0 Å². The van der Waals surface area contributed by atoms with Crippen molar-refractivity contribution in [2.75, 3.05) is 0 Å². The van der Waals surface area contributed by atoms with Crippen LogP contribution in [0.25, 0.3) is 241 Å². The first kappa shape index (κ1) is 71.4. The number of para-hydroxylation sites is 2. The molecule has 2 heterocycles. The molecule has 2 aromatic heterocycles. The SMILES string of the molecule is CC1(C)c2c(-c3cccc(-c4c5ccccc5c(-c5ccc(-c6ccc7oc8ccccc8c7c6)cc5)c5ccccc45)c3)cccc2-c2c1c1ccccc1c1ccccc21.CC1(C)c2c(-c3cccc(-c4c5ccccc5c(-c5cccc(-c6ccc7oc8ccccc8c7c6)c5)c5ccccc45)c3)cccc2-c2c1c1ccccc1c1ccccc21. The molecule has 24 aromatic rings. The van der Waals surface area contributed by atoms with Crippen LogP contribution in [0.1, 0.15) is 49.9 Å². The minimum absolute atomic E-state index is 0.210. The molecule has 0 amide bonds. The van der Waals surface area contributed by atoms with E-state index in [-0.39, 0.29) is 10.8 Å². The maximum Gasteiger partial charge on any atom is 0.135 e. The molecule has 580 valence electrons. The van der Waals surface area contributed by atoms with Gasteiger partial charge >= 0.3 is 0 Å². The van der Waals surface area contributed by atoms with Crippen molar-refractivity contribution in [3.05, 3.63) is 435 Å². The molecule has 0 aliphatic heterocycles. The summed E-state index contributed by atoms with van der Waals surface area (Å²) < 4.78 is 12.3. The lowest BCUT2D eigenvalue weighted by atomic mass is 9.76. The Morgan fingerprint density at radius 3 is 0.742 bits per heavy atom. The summed E-state index contributed by atoms with van der Waals surface area (Å²) in [4.78, 5) is 0. The lowest BCUT2D eigenvalue weighted by Crippen LogP contribution is -2.17. The Balaban J connectivity index is 0.000000136. The molecular formula is C122H80O2. The zero-order valence-corrected chi connectivity index (χ0v) is 69.1. The summed E-state index contributed by atoms with van der Waals surface area (Å²) in [6.45, 7) is 9.72. The fraction of sp³-hybridized carbons (Fsp3) is 0.0492. The highest BCUT2D eigenvalue weighted by Crippen LogP contribution is 2.60. The van der Waals surface area contributed by atoms with Gasteiger partial charge in [-0.1, -0.05) is 386 Å². The summed E-state index contributed by atoms with van der Waals surface area (Å²) in [5.74, 6) is 0. The lowest BCUT2D eigenvalue weighted by molar-refractivity contribution is 0.668. The Hall–Kier alpha value is -15.5. The Morgan fingerprint density at radius 1 is 0.137 bits per heavy atom. The summed E-state index contributed by atoms with van der Waals surface area (Å²) >= 11 is 0. The van der Waals surface area contributed by atoms with Crippen LogP contribution in [0.5, 0.6) is 0 Å². The van der Waals surface area contributed by atoms with Gasteiger partial charge in [-0.25, -0.2) is 0 Å². The van der Waals surface area contributed by atoms with E-state index in [1.54, 1.807) is 0 Å². The van der Waals surface area contributed by atoms with Crippen molar-refractivity contribution in [3.8, 4) is 111 Å². The topological polar surface area (TPSA) is 26.3 Å². The fourth-order valence-corrected chi connectivity index (χ4v) is 22.4. The highest BCUT2D eigenvalue weighted by molar-refractivity contribution is 6.25. The van der Waals surface area contributed by atoms with Crippen molar-refractivity contribution in [2.24, 2.45) is 0 Å². The molecule has 2 aliphatic carbocycles. The van der Waals surface area contributed by atoms with Crippen LogP contribution in [0.2, 0.25) is 0 Å². The quantitative estimate of drug-likeness (QED) is 0.112. The largest absolute Gasteiger partial charge is 0.456 e. The van der Waals surface area contributed by atoms with Crippen LogP contribution in [0.4, 0.5) is 0 Å². The van der Waals surface area contributed by atoms with Crippen LogP contribution in [-0.4, -0.2) is 0 Å². The van der Waals surface area contributed by atoms with E-state index in [0.29, 0.717) is 0 Å². The van der Waals surface area contributed by atoms with Gasteiger partial charge in [0.1, 0.15) is 22.3 Å². The fourth-order valence-electron chi connectivity index (χ4n) is 22.4. The average Bonchev–Trinajstić information content (AvgIpc) is 1.53. The zero-order chi connectivity index (χ0) is 82.2. The van der Waals surface area contributed by atoms with Crippen molar-refractivity contribution >= 4 is 130 Å². The van der Waals surface area contributed by atoms with E-state index < -0.39 is 0 Å². The third-order valence-electron chi connectivity index (χ3n) is 27.6. The van der Waals surface area contributed by atoms with Crippen LogP contribution < -0.4 is 0 Å². The van der Waals surface area contributed by atoms with Gasteiger partial charge in [-0.2, -0.15) is 0 Å². The zero-order valence-electron chi connectivity index (χ0n) is 69.1. The molecule has 0 radical (unpaired) electrons. The van der Waals surface area contributed by atoms with Gasteiger partial charge in [0.05, 0.1) is 0 Å². The van der Waals surface area contributed by atoms with Crippen LogP contribution in [-0.2, 0) is 10.8 Å². The third kappa shape index (κ3) is 10.7. The number of fused-ring (bicyclic) bond motifs is 26. The predicted molar refractivity (Wildman–Crippen MR) is 526 cm³/mol. The Bertz CT molecular complexity index is 8560. The summed E-state index contributed by atoms with van der Waals surface area (Å²) in [5, 5.41) is 25.2. The van der Waals surface area contributed by atoms with Gasteiger partial charge in [-0.15, -0.1) is 0 Å². The predicted octanol–water partition coefficient (Wildman–Crippen LogP) is 34.3. The number of hydrogen-bond donors (Lipinski definition) is 0. The van der Waals surface area contributed by atoms with E-state index in [4.69, 9.17) is 8.83 Å². The van der Waals surface area contributed by atoms with Crippen molar-refractivity contribution in [1.82, 2.24) is 0 Å². The highest BCUT2D eigenvalue weighted by atomic mass is 16.3. The van der Waals surface area contributed by atoms with E-state index in [9.17, 15) is 0 Å². The molecule has 0 saturated carbocycles. The molecule has 2 nitrogen and oxygen atoms in total. The third-order valence-corrected chi connectivity index (χ3v) is 27.6. The molecular weight excluding hydrogens is 1500 g/mol. The van der Waals surface area contributed by atoms with Gasteiger partial charge in [-0.05, 0) is 274 Å². The van der Waals surface area contributed by atoms with Crippen molar-refractivity contribution in [2.45, 2.75) is 38.5 Å². The average molecular weight is 1580 g/mol. The molecule has 26 rings (SSSR count). The second-order valence-corrected chi connectivity index (χ2v) is 35.0. The van der Waals surface area contributed by atoms with Gasteiger partial charge in [-0.3, -0.25) is 0 Å². The van der Waals surface area contributed by atoms with E-state index in [2.05, 4.69) is 416 Å². The molecule has 0 saturated heterocycles. The Labute approximate surface area is 718 Å². The molecule has 0 fully saturated rings. The lowest BCUT2D eigenvalue weighted by Gasteiger charge is -2.26. The maximum absolute atomic E-state index is 6.18. The van der Waals surface area contributed by atoms with Gasteiger partial charge in [0.15, 0.2) is 0 Å². The van der Waals surface area contributed by atoms with Crippen LogP contribution in [0.15, 0.2) is 421 Å². The van der Waals surface area contributed by atoms with E-state index >= 15 is 0 Å². The van der Waals surface area contributed by atoms with Crippen molar-refractivity contribution < 1.29 is 8.83 Å². The Kier molecular flexibility index (Phi) is 15.9. The monoisotopic (exact) mass is 1580 g/mol. The summed E-state index contributed by atoms with van der Waals surface area (Å²) in [7, 11) is 0. The molecule has 0 spiro atoms. The second kappa shape index (κ2) is 27.5. The van der Waals surface area contributed by atoms with Crippen molar-refractivity contribution in [3.63, 3.8) is 0 Å². The van der Waals surface area contributed by atoms with Crippen LogP contribution in [0.3, 0.4) is 0 Å². The molecule has 0 atom stereocenters. The number of rotatable bonds is 8. The molecule has 124 heavy (non-hydrogen) atoms. The molecule has 2 aliphatic rings. The summed E-state index contributed by atoms with van der Waals surface area (Å²) in [6.07, 6.45) is 0. The number of furan rings is 2. The smallest absolute Gasteiger partial charge is 0.135 e. The minimum atomic E-state index is -0.214. The minimum Gasteiger partial charge on any atom is -0.456 e. The first-order chi connectivity index (χ1) is 61.1. The molecule has 22 aromatic carbocycles. The molecule has 0 unspecified atom stereocenters. The molecule has 2 heteroatoms. The van der Waals surface area contributed by atoms with Gasteiger partial charge < -0.3 is 8.83 Å². The summed E-state index contributed by atoms with van der Waals surface area (Å²) in [6, 6.07) is 152. The second-order valence-electron chi connectivity index (χ2n) is 35.0.